The van der Waals surface area contributed by atoms with E-state index in [2.05, 4.69) is 6.92 Å². The third kappa shape index (κ3) is 13.6. The largest absolute Gasteiger partial charge is 0.772 e. The van der Waals surface area contributed by atoms with Gasteiger partial charge in [-0.05, 0) is 19.3 Å². The molecule has 108 valence electrons. The molecular formula is C13H25O4S-. The molecule has 0 aromatic rings. The number of hydrogen-bond donors (Lipinski definition) is 0. The summed E-state index contributed by atoms with van der Waals surface area (Å²) in [5.41, 5.74) is 0. The zero-order valence-corrected chi connectivity index (χ0v) is 12.1. The summed E-state index contributed by atoms with van der Waals surface area (Å²) in [4.78, 5) is 11.3. The molecule has 4 nitrogen and oxygen atoms in total. The zero-order valence-electron chi connectivity index (χ0n) is 11.3. The van der Waals surface area contributed by atoms with Crippen molar-refractivity contribution in [3.8, 4) is 0 Å². The summed E-state index contributed by atoms with van der Waals surface area (Å²) < 4.78 is 25.6. The molecule has 0 spiro atoms. The predicted octanol–water partition coefficient (Wildman–Crippen LogP) is 2.94. The Balaban J connectivity index is 3.19. The van der Waals surface area contributed by atoms with Crippen molar-refractivity contribution in [3.05, 3.63) is 0 Å². The summed E-state index contributed by atoms with van der Waals surface area (Å²) in [5, 5.41) is 0. The molecule has 5 heteroatoms. The smallest absolute Gasteiger partial charge is 0.305 e. The average Bonchev–Trinajstić information content (AvgIpc) is 2.33. The van der Waals surface area contributed by atoms with Crippen LogP contribution in [0.4, 0.5) is 0 Å². The highest BCUT2D eigenvalue weighted by atomic mass is 32.2. The van der Waals surface area contributed by atoms with Crippen molar-refractivity contribution in [3.63, 3.8) is 0 Å². The van der Waals surface area contributed by atoms with E-state index in [1.807, 2.05) is 0 Å². The topological polar surface area (TPSA) is 66.4 Å². The van der Waals surface area contributed by atoms with Crippen LogP contribution in [0.1, 0.15) is 64.7 Å². The van der Waals surface area contributed by atoms with Gasteiger partial charge < -0.3 is 9.29 Å². The van der Waals surface area contributed by atoms with Crippen molar-refractivity contribution < 1.29 is 18.3 Å². The molecule has 0 aliphatic rings. The molecule has 1 atom stereocenters. The quantitative estimate of drug-likeness (QED) is 0.312. The number of unbranched alkanes of at least 4 members (excludes halogenated alkanes) is 6. The number of hydrogen-bond acceptors (Lipinski definition) is 4. The fraction of sp³-hybridized carbons (Fsp3) is 0.923. The van der Waals surface area contributed by atoms with Gasteiger partial charge in [0, 0.05) is 12.2 Å². The van der Waals surface area contributed by atoms with Crippen molar-refractivity contribution in [2.24, 2.45) is 0 Å². The second kappa shape index (κ2) is 13.0. The minimum Gasteiger partial charge on any atom is -0.772 e. The van der Waals surface area contributed by atoms with Gasteiger partial charge in [0.15, 0.2) is 0 Å². The van der Waals surface area contributed by atoms with E-state index in [0.29, 0.717) is 19.4 Å². The SMILES string of the molecule is CCCCCCOC(=O)CCCCCCS(=O)[O-]. The Morgan fingerprint density at radius 2 is 1.72 bits per heavy atom. The molecule has 0 saturated heterocycles. The number of ether oxygens (including phenoxy) is 1. The van der Waals surface area contributed by atoms with Gasteiger partial charge in [0.2, 0.25) is 0 Å². The van der Waals surface area contributed by atoms with E-state index >= 15 is 0 Å². The van der Waals surface area contributed by atoms with E-state index in [1.54, 1.807) is 0 Å². The highest BCUT2D eigenvalue weighted by Gasteiger charge is 2.02. The fourth-order valence-corrected chi connectivity index (χ4v) is 2.07. The second-order valence-electron chi connectivity index (χ2n) is 4.45. The molecule has 0 aliphatic heterocycles. The lowest BCUT2D eigenvalue weighted by atomic mass is 10.1. The first-order valence-electron chi connectivity index (χ1n) is 6.88. The Hall–Kier alpha value is -0.420. The molecule has 0 aromatic carbocycles. The van der Waals surface area contributed by atoms with E-state index < -0.39 is 11.1 Å². The van der Waals surface area contributed by atoms with Crippen LogP contribution in [-0.2, 0) is 20.6 Å². The molecule has 0 radical (unpaired) electrons. The Kier molecular flexibility index (Phi) is 12.7. The summed E-state index contributed by atoms with van der Waals surface area (Å²) in [5.74, 6) is 0.0981. The van der Waals surface area contributed by atoms with E-state index in [-0.39, 0.29) is 11.7 Å². The van der Waals surface area contributed by atoms with E-state index in [9.17, 15) is 13.6 Å². The van der Waals surface area contributed by atoms with Gasteiger partial charge in [-0.15, -0.1) is 0 Å². The van der Waals surface area contributed by atoms with Crippen LogP contribution < -0.4 is 0 Å². The molecule has 0 aromatic heterocycles. The Labute approximate surface area is 113 Å². The first-order valence-corrected chi connectivity index (χ1v) is 8.12. The predicted molar refractivity (Wildman–Crippen MR) is 72.0 cm³/mol. The minimum atomic E-state index is -1.93. The van der Waals surface area contributed by atoms with Crippen molar-refractivity contribution in [2.45, 2.75) is 64.7 Å². The first-order chi connectivity index (χ1) is 8.66. The van der Waals surface area contributed by atoms with Crippen LogP contribution in [0.15, 0.2) is 0 Å². The number of rotatable bonds is 12. The van der Waals surface area contributed by atoms with E-state index in [0.717, 1.165) is 32.1 Å². The van der Waals surface area contributed by atoms with Gasteiger partial charge in [-0.25, -0.2) is 0 Å². The third-order valence-corrected chi connectivity index (χ3v) is 3.32. The minimum absolute atomic E-state index is 0.126. The number of carbonyl (C=O) groups is 1. The summed E-state index contributed by atoms with van der Waals surface area (Å²) >= 11 is -1.93. The summed E-state index contributed by atoms with van der Waals surface area (Å²) in [6, 6.07) is 0. The van der Waals surface area contributed by atoms with Gasteiger partial charge in [-0.3, -0.25) is 9.00 Å². The van der Waals surface area contributed by atoms with Crippen molar-refractivity contribution in [1.29, 1.82) is 0 Å². The molecule has 0 N–H and O–H groups in total. The summed E-state index contributed by atoms with van der Waals surface area (Å²) in [6.07, 6.45) is 8.13. The molecule has 0 aliphatic carbocycles. The lowest BCUT2D eigenvalue weighted by Gasteiger charge is -2.05. The number of carbonyl (C=O) groups excluding carboxylic acids is 1. The number of esters is 1. The zero-order chi connectivity index (χ0) is 13.6. The van der Waals surface area contributed by atoms with Crippen LogP contribution in [0.5, 0.6) is 0 Å². The Morgan fingerprint density at radius 1 is 1.06 bits per heavy atom. The van der Waals surface area contributed by atoms with Gasteiger partial charge in [0.25, 0.3) is 0 Å². The van der Waals surface area contributed by atoms with Crippen LogP contribution in [0.3, 0.4) is 0 Å². The first kappa shape index (κ1) is 17.6. The average molecular weight is 277 g/mol. The molecule has 1 unspecified atom stereocenters. The second-order valence-corrected chi connectivity index (χ2v) is 5.47. The maximum absolute atomic E-state index is 11.3. The van der Waals surface area contributed by atoms with Crippen LogP contribution in [0, 0.1) is 0 Å². The van der Waals surface area contributed by atoms with Crippen LogP contribution in [0.2, 0.25) is 0 Å². The van der Waals surface area contributed by atoms with Gasteiger partial charge in [0.05, 0.1) is 6.61 Å². The Bertz CT molecular complexity index is 231. The van der Waals surface area contributed by atoms with Crippen LogP contribution in [-0.4, -0.2) is 27.1 Å². The summed E-state index contributed by atoms with van der Waals surface area (Å²) in [7, 11) is 0. The van der Waals surface area contributed by atoms with Gasteiger partial charge in [-0.2, -0.15) is 0 Å². The van der Waals surface area contributed by atoms with E-state index in [1.165, 1.54) is 12.8 Å². The van der Waals surface area contributed by atoms with Gasteiger partial charge in [-0.1, -0.05) is 50.1 Å². The van der Waals surface area contributed by atoms with Crippen LogP contribution in [0.25, 0.3) is 0 Å². The molecule has 0 saturated carbocycles. The standard InChI is InChI=1S/C13H26O4S/c1-2-3-4-8-11-17-13(14)10-7-5-6-9-12-18(15)16/h2-12H2,1H3,(H,15,16)/p-1. The molecule has 18 heavy (non-hydrogen) atoms. The van der Waals surface area contributed by atoms with E-state index in [4.69, 9.17) is 4.74 Å². The van der Waals surface area contributed by atoms with Gasteiger partial charge >= 0.3 is 5.97 Å². The lowest BCUT2D eigenvalue weighted by Crippen LogP contribution is -2.05. The molecule has 0 fully saturated rings. The van der Waals surface area contributed by atoms with Gasteiger partial charge in [0.1, 0.15) is 0 Å². The Morgan fingerprint density at radius 3 is 2.39 bits per heavy atom. The van der Waals surface area contributed by atoms with Crippen molar-refractivity contribution in [1.82, 2.24) is 0 Å². The maximum Gasteiger partial charge on any atom is 0.305 e. The lowest BCUT2D eigenvalue weighted by molar-refractivity contribution is -0.143. The highest BCUT2D eigenvalue weighted by molar-refractivity contribution is 7.79. The van der Waals surface area contributed by atoms with Crippen molar-refractivity contribution >= 4 is 17.0 Å². The monoisotopic (exact) mass is 277 g/mol. The molecule has 0 rings (SSSR count). The molecule has 0 bridgehead atoms. The fourth-order valence-electron chi connectivity index (χ4n) is 1.63. The molecule has 0 amide bonds. The molecule has 0 heterocycles. The third-order valence-electron chi connectivity index (χ3n) is 2.70. The normalized spacial score (nSPS) is 12.3. The van der Waals surface area contributed by atoms with Crippen LogP contribution >= 0.6 is 0 Å². The maximum atomic E-state index is 11.3. The molecular weight excluding hydrogens is 252 g/mol. The highest BCUT2D eigenvalue weighted by Crippen LogP contribution is 2.05. The summed E-state index contributed by atoms with van der Waals surface area (Å²) in [6.45, 7) is 2.68. The van der Waals surface area contributed by atoms with Crippen molar-refractivity contribution in [2.75, 3.05) is 12.4 Å².